The minimum Gasteiger partial charge on any atom is -0.491 e. The van der Waals surface area contributed by atoms with Gasteiger partial charge in [-0.3, -0.25) is 4.90 Å². The van der Waals surface area contributed by atoms with Gasteiger partial charge in [-0.15, -0.1) is 0 Å². The summed E-state index contributed by atoms with van der Waals surface area (Å²) in [6.07, 6.45) is 0. The third-order valence-electron chi connectivity index (χ3n) is 3.66. The molecule has 21 heavy (non-hydrogen) atoms. The van der Waals surface area contributed by atoms with Crippen molar-refractivity contribution in [2.45, 2.75) is 13.8 Å². The van der Waals surface area contributed by atoms with Crippen LogP contribution in [-0.4, -0.2) is 57.4 Å². The number of nitrogens with zero attached hydrogens (tertiary/aromatic N) is 1. The van der Waals surface area contributed by atoms with Crippen molar-refractivity contribution in [3.8, 4) is 5.75 Å². The van der Waals surface area contributed by atoms with Crippen LogP contribution in [-0.2, 0) is 4.74 Å². The van der Waals surface area contributed by atoms with Crippen molar-refractivity contribution in [2.24, 2.45) is 0 Å². The second-order valence-electron chi connectivity index (χ2n) is 5.42. The van der Waals surface area contributed by atoms with Crippen molar-refractivity contribution in [1.29, 1.82) is 0 Å². The SMILES string of the molecule is Cc1cc(Cl)cc(C)c1OCCOCCN1CCNCC1. The number of hydrogen-bond donors (Lipinski definition) is 1. The fraction of sp³-hybridized carbons (Fsp3) is 0.625. The van der Waals surface area contributed by atoms with Crippen molar-refractivity contribution >= 4 is 11.6 Å². The fourth-order valence-electron chi connectivity index (χ4n) is 2.56. The lowest BCUT2D eigenvalue weighted by atomic mass is 10.1. The Labute approximate surface area is 132 Å². The molecule has 0 radical (unpaired) electrons. The molecule has 1 heterocycles. The third-order valence-corrected chi connectivity index (χ3v) is 3.88. The Bertz CT molecular complexity index is 425. The molecule has 0 aromatic heterocycles. The third kappa shape index (κ3) is 5.47. The van der Waals surface area contributed by atoms with Gasteiger partial charge in [-0.05, 0) is 37.1 Å². The number of halogens is 1. The van der Waals surface area contributed by atoms with E-state index in [0.717, 1.165) is 61.2 Å². The molecule has 0 saturated carbocycles. The predicted octanol–water partition coefficient (Wildman–Crippen LogP) is 2.26. The lowest BCUT2D eigenvalue weighted by Gasteiger charge is -2.26. The zero-order valence-electron chi connectivity index (χ0n) is 13.0. The van der Waals surface area contributed by atoms with Gasteiger partial charge in [0.05, 0.1) is 13.2 Å². The van der Waals surface area contributed by atoms with E-state index in [4.69, 9.17) is 21.1 Å². The summed E-state index contributed by atoms with van der Waals surface area (Å²) in [6.45, 7) is 11.4. The van der Waals surface area contributed by atoms with Gasteiger partial charge >= 0.3 is 0 Å². The van der Waals surface area contributed by atoms with Gasteiger partial charge in [0, 0.05) is 37.7 Å². The molecule has 0 aliphatic carbocycles. The first-order valence-corrected chi connectivity index (χ1v) is 7.95. The first-order valence-electron chi connectivity index (χ1n) is 7.57. The van der Waals surface area contributed by atoms with E-state index in [-0.39, 0.29) is 0 Å². The Kier molecular flexibility index (Phi) is 6.77. The van der Waals surface area contributed by atoms with Crippen LogP contribution in [0.25, 0.3) is 0 Å². The van der Waals surface area contributed by atoms with Gasteiger partial charge in [-0.2, -0.15) is 0 Å². The summed E-state index contributed by atoms with van der Waals surface area (Å²) in [7, 11) is 0. The Morgan fingerprint density at radius 3 is 2.43 bits per heavy atom. The number of rotatable bonds is 7. The van der Waals surface area contributed by atoms with E-state index < -0.39 is 0 Å². The highest BCUT2D eigenvalue weighted by molar-refractivity contribution is 6.30. The molecule has 2 rings (SSSR count). The monoisotopic (exact) mass is 312 g/mol. The summed E-state index contributed by atoms with van der Waals surface area (Å²) in [5, 5.41) is 4.10. The van der Waals surface area contributed by atoms with Gasteiger partial charge < -0.3 is 14.8 Å². The van der Waals surface area contributed by atoms with Crippen molar-refractivity contribution in [3.63, 3.8) is 0 Å². The van der Waals surface area contributed by atoms with E-state index in [2.05, 4.69) is 10.2 Å². The second kappa shape index (κ2) is 8.59. The van der Waals surface area contributed by atoms with E-state index in [1.807, 2.05) is 26.0 Å². The number of hydrogen-bond acceptors (Lipinski definition) is 4. The molecule has 4 nitrogen and oxygen atoms in total. The fourth-order valence-corrected chi connectivity index (χ4v) is 2.89. The minimum atomic E-state index is 0.574. The molecule has 0 spiro atoms. The second-order valence-corrected chi connectivity index (χ2v) is 5.86. The van der Waals surface area contributed by atoms with E-state index in [1.54, 1.807) is 0 Å². The maximum atomic E-state index is 6.01. The lowest BCUT2D eigenvalue weighted by Crippen LogP contribution is -2.44. The molecule has 1 aliphatic rings. The number of aryl methyl sites for hydroxylation is 2. The van der Waals surface area contributed by atoms with Gasteiger partial charge in [0.2, 0.25) is 0 Å². The predicted molar refractivity (Wildman–Crippen MR) is 86.5 cm³/mol. The van der Waals surface area contributed by atoms with Crippen molar-refractivity contribution in [1.82, 2.24) is 10.2 Å². The van der Waals surface area contributed by atoms with E-state index in [9.17, 15) is 0 Å². The summed E-state index contributed by atoms with van der Waals surface area (Å²) < 4.78 is 11.5. The zero-order valence-corrected chi connectivity index (χ0v) is 13.7. The number of piperazine rings is 1. The molecule has 1 N–H and O–H groups in total. The maximum absolute atomic E-state index is 6.01. The molecular formula is C16H25ClN2O2. The maximum Gasteiger partial charge on any atom is 0.125 e. The van der Waals surface area contributed by atoms with Crippen LogP contribution in [0.4, 0.5) is 0 Å². The van der Waals surface area contributed by atoms with Crippen LogP contribution < -0.4 is 10.1 Å². The molecule has 1 aromatic carbocycles. The summed E-state index contributed by atoms with van der Waals surface area (Å²) in [5.74, 6) is 0.921. The highest BCUT2D eigenvalue weighted by Crippen LogP contribution is 2.26. The molecule has 1 saturated heterocycles. The van der Waals surface area contributed by atoms with E-state index >= 15 is 0 Å². The van der Waals surface area contributed by atoms with Crippen LogP contribution in [0.2, 0.25) is 5.02 Å². The molecule has 0 amide bonds. The minimum absolute atomic E-state index is 0.574. The van der Waals surface area contributed by atoms with Gasteiger partial charge in [-0.25, -0.2) is 0 Å². The van der Waals surface area contributed by atoms with Crippen LogP contribution in [0.1, 0.15) is 11.1 Å². The first kappa shape index (κ1) is 16.6. The lowest BCUT2D eigenvalue weighted by molar-refractivity contribution is 0.0764. The molecule has 0 bridgehead atoms. The molecular weight excluding hydrogens is 288 g/mol. The molecule has 118 valence electrons. The largest absolute Gasteiger partial charge is 0.491 e. The average Bonchev–Trinajstić information content (AvgIpc) is 2.45. The molecule has 0 atom stereocenters. The van der Waals surface area contributed by atoms with Gasteiger partial charge in [-0.1, -0.05) is 11.6 Å². The van der Waals surface area contributed by atoms with Gasteiger partial charge in [0.1, 0.15) is 12.4 Å². The molecule has 1 aromatic rings. The number of benzene rings is 1. The number of nitrogens with one attached hydrogen (secondary N) is 1. The topological polar surface area (TPSA) is 33.7 Å². The molecule has 1 fully saturated rings. The standard InChI is InChI=1S/C16H25ClN2O2/c1-13-11-15(17)12-14(2)16(13)21-10-9-20-8-7-19-5-3-18-4-6-19/h11-12,18H,3-10H2,1-2H3. The van der Waals surface area contributed by atoms with E-state index in [0.29, 0.717) is 13.2 Å². The van der Waals surface area contributed by atoms with Gasteiger partial charge in [0.25, 0.3) is 0 Å². The van der Waals surface area contributed by atoms with Crippen LogP contribution in [0.15, 0.2) is 12.1 Å². The summed E-state index contributed by atoms with van der Waals surface area (Å²) in [4.78, 5) is 2.42. The van der Waals surface area contributed by atoms with Crippen LogP contribution in [0.3, 0.4) is 0 Å². The smallest absolute Gasteiger partial charge is 0.125 e. The Hall–Kier alpha value is -0.810. The summed E-state index contributed by atoms with van der Waals surface area (Å²) in [6, 6.07) is 3.85. The van der Waals surface area contributed by atoms with Crippen LogP contribution in [0.5, 0.6) is 5.75 Å². The van der Waals surface area contributed by atoms with Crippen molar-refractivity contribution in [2.75, 3.05) is 52.5 Å². The Morgan fingerprint density at radius 1 is 1.10 bits per heavy atom. The zero-order chi connectivity index (χ0) is 15.1. The van der Waals surface area contributed by atoms with Crippen LogP contribution >= 0.6 is 11.6 Å². The average molecular weight is 313 g/mol. The Morgan fingerprint density at radius 2 is 1.76 bits per heavy atom. The van der Waals surface area contributed by atoms with Crippen LogP contribution in [0, 0.1) is 13.8 Å². The molecule has 1 aliphatic heterocycles. The number of ether oxygens (including phenoxy) is 2. The molecule has 0 unspecified atom stereocenters. The summed E-state index contributed by atoms with van der Waals surface area (Å²) in [5.41, 5.74) is 2.14. The van der Waals surface area contributed by atoms with Crippen molar-refractivity contribution in [3.05, 3.63) is 28.3 Å². The van der Waals surface area contributed by atoms with Gasteiger partial charge in [0.15, 0.2) is 0 Å². The normalized spacial score (nSPS) is 16.1. The Balaban J connectivity index is 1.61. The summed E-state index contributed by atoms with van der Waals surface area (Å²) >= 11 is 6.01. The van der Waals surface area contributed by atoms with E-state index in [1.165, 1.54) is 0 Å². The quantitative estimate of drug-likeness (QED) is 0.783. The molecule has 5 heteroatoms. The van der Waals surface area contributed by atoms with Crippen molar-refractivity contribution < 1.29 is 9.47 Å². The highest BCUT2D eigenvalue weighted by Gasteiger charge is 2.09. The first-order chi connectivity index (χ1) is 10.2. The highest BCUT2D eigenvalue weighted by atomic mass is 35.5.